The van der Waals surface area contributed by atoms with E-state index in [9.17, 15) is 23.3 Å². The number of ketones is 1. The van der Waals surface area contributed by atoms with Crippen LogP contribution in [0.1, 0.15) is 12.5 Å². The molecule has 0 fully saturated rings. The topological polar surface area (TPSA) is 97.6 Å². The molecule has 0 saturated carbocycles. The molecule has 0 amide bonds. The molecular formula is C11H14N2O5S. The van der Waals surface area contributed by atoms with Crippen LogP contribution >= 0.6 is 0 Å². The van der Waals surface area contributed by atoms with Crippen molar-refractivity contribution in [3.05, 3.63) is 33.9 Å². The standard InChI is InChI=1S/C11H14N2O5S/c1-8(14)6-9-7-10(19(17,18)12(2)3)4-5-11(9)13(15)16/h4-5,7H,6H2,1-3H3. The van der Waals surface area contributed by atoms with Crippen molar-refractivity contribution in [1.29, 1.82) is 0 Å². The van der Waals surface area contributed by atoms with Gasteiger partial charge >= 0.3 is 0 Å². The Kier molecular flexibility index (Phi) is 4.38. The van der Waals surface area contributed by atoms with Crippen molar-refractivity contribution in [3.63, 3.8) is 0 Å². The van der Waals surface area contributed by atoms with Gasteiger partial charge in [-0.3, -0.25) is 14.9 Å². The lowest BCUT2D eigenvalue weighted by atomic mass is 10.1. The number of sulfonamides is 1. The molecule has 0 aliphatic rings. The van der Waals surface area contributed by atoms with E-state index in [2.05, 4.69) is 0 Å². The van der Waals surface area contributed by atoms with Gasteiger partial charge in [0.2, 0.25) is 10.0 Å². The SMILES string of the molecule is CC(=O)Cc1cc(S(=O)(=O)N(C)C)ccc1[N+](=O)[O-]. The van der Waals surface area contributed by atoms with E-state index < -0.39 is 14.9 Å². The number of nitro benzene ring substituents is 1. The first-order chi connectivity index (χ1) is 8.66. The van der Waals surface area contributed by atoms with Gasteiger partial charge in [-0.25, -0.2) is 12.7 Å². The Bertz CT molecular complexity index is 622. The molecule has 7 nitrogen and oxygen atoms in total. The van der Waals surface area contributed by atoms with Crippen LogP contribution in [0, 0.1) is 10.1 Å². The Labute approximate surface area is 111 Å². The minimum absolute atomic E-state index is 0.0700. The van der Waals surface area contributed by atoms with Crippen LogP contribution in [-0.2, 0) is 21.2 Å². The van der Waals surface area contributed by atoms with E-state index >= 15 is 0 Å². The molecule has 19 heavy (non-hydrogen) atoms. The van der Waals surface area contributed by atoms with E-state index in [0.717, 1.165) is 16.4 Å². The van der Waals surface area contributed by atoms with Crippen molar-refractivity contribution >= 4 is 21.5 Å². The van der Waals surface area contributed by atoms with E-state index in [-0.39, 0.29) is 28.4 Å². The van der Waals surface area contributed by atoms with Gasteiger partial charge in [-0.05, 0) is 19.1 Å². The number of Topliss-reactive ketones (excluding diaryl/α,β-unsaturated/α-hetero) is 1. The Morgan fingerprint density at radius 3 is 2.37 bits per heavy atom. The summed E-state index contributed by atoms with van der Waals surface area (Å²) in [6, 6.07) is 3.45. The number of hydrogen-bond acceptors (Lipinski definition) is 5. The largest absolute Gasteiger partial charge is 0.300 e. The fourth-order valence-electron chi connectivity index (χ4n) is 1.52. The van der Waals surface area contributed by atoms with Crippen LogP contribution in [0.5, 0.6) is 0 Å². The van der Waals surface area contributed by atoms with Gasteiger partial charge in [0, 0.05) is 32.1 Å². The van der Waals surface area contributed by atoms with Gasteiger partial charge in [-0.1, -0.05) is 0 Å². The van der Waals surface area contributed by atoms with Crippen LogP contribution in [-0.4, -0.2) is 37.5 Å². The predicted octanol–water partition coefficient (Wildman–Crippen LogP) is 0.977. The molecule has 0 spiro atoms. The van der Waals surface area contributed by atoms with E-state index in [1.54, 1.807) is 0 Å². The maximum atomic E-state index is 11.9. The highest BCUT2D eigenvalue weighted by Crippen LogP contribution is 2.24. The molecule has 0 bridgehead atoms. The zero-order chi connectivity index (χ0) is 14.8. The van der Waals surface area contributed by atoms with E-state index in [0.29, 0.717) is 0 Å². The third-order valence-corrected chi connectivity index (χ3v) is 4.28. The molecule has 0 saturated heterocycles. The Balaban J connectivity index is 3.42. The summed E-state index contributed by atoms with van der Waals surface area (Å²) in [6.07, 6.45) is -0.174. The molecule has 0 atom stereocenters. The summed E-state index contributed by atoms with van der Waals surface area (Å²) >= 11 is 0. The van der Waals surface area contributed by atoms with Crippen LogP contribution in [0.4, 0.5) is 5.69 Å². The van der Waals surface area contributed by atoms with Crippen molar-refractivity contribution in [2.45, 2.75) is 18.2 Å². The average molecular weight is 286 g/mol. The first-order valence-electron chi connectivity index (χ1n) is 5.35. The molecule has 0 heterocycles. The first kappa shape index (κ1) is 15.3. The number of rotatable bonds is 5. The van der Waals surface area contributed by atoms with Crippen LogP contribution < -0.4 is 0 Å². The maximum Gasteiger partial charge on any atom is 0.273 e. The highest BCUT2D eigenvalue weighted by atomic mass is 32.2. The number of benzene rings is 1. The van der Waals surface area contributed by atoms with E-state index in [1.807, 2.05) is 0 Å². The minimum atomic E-state index is -3.68. The van der Waals surface area contributed by atoms with Crippen LogP contribution in [0.2, 0.25) is 0 Å². The van der Waals surface area contributed by atoms with Gasteiger partial charge < -0.3 is 0 Å². The molecule has 0 aromatic heterocycles. The fourth-order valence-corrected chi connectivity index (χ4v) is 2.47. The quantitative estimate of drug-likeness (QED) is 0.593. The van der Waals surface area contributed by atoms with Gasteiger partial charge in [0.05, 0.1) is 9.82 Å². The van der Waals surface area contributed by atoms with Crippen molar-refractivity contribution in [3.8, 4) is 0 Å². The molecule has 8 heteroatoms. The van der Waals surface area contributed by atoms with Crippen molar-refractivity contribution < 1.29 is 18.1 Å². The first-order valence-corrected chi connectivity index (χ1v) is 6.79. The van der Waals surface area contributed by atoms with Crippen LogP contribution in [0.25, 0.3) is 0 Å². The lowest BCUT2D eigenvalue weighted by molar-refractivity contribution is -0.385. The van der Waals surface area contributed by atoms with Crippen LogP contribution in [0.3, 0.4) is 0 Å². The third kappa shape index (κ3) is 3.36. The molecule has 0 aliphatic heterocycles. The van der Waals surface area contributed by atoms with Gasteiger partial charge in [0.25, 0.3) is 5.69 Å². The average Bonchev–Trinajstić information content (AvgIpc) is 2.27. The molecule has 0 unspecified atom stereocenters. The summed E-state index contributed by atoms with van der Waals surface area (Å²) in [7, 11) is -0.953. The predicted molar refractivity (Wildman–Crippen MR) is 68.4 cm³/mol. The van der Waals surface area contributed by atoms with Crippen molar-refractivity contribution in [2.75, 3.05) is 14.1 Å². The second kappa shape index (κ2) is 5.45. The highest BCUT2D eigenvalue weighted by molar-refractivity contribution is 7.89. The lowest BCUT2D eigenvalue weighted by Gasteiger charge is -2.12. The number of nitro groups is 1. The van der Waals surface area contributed by atoms with E-state index in [4.69, 9.17) is 0 Å². The van der Waals surface area contributed by atoms with E-state index in [1.165, 1.54) is 27.1 Å². The summed E-state index contributed by atoms with van der Waals surface area (Å²) < 4.78 is 24.9. The molecule has 0 radical (unpaired) electrons. The van der Waals surface area contributed by atoms with Crippen LogP contribution in [0.15, 0.2) is 23.1 Å². The fraction of sp³-hybridized carbons (Fsp3) is 0.364. The van der Waals surface area contributed by atoms with Crippen molar-refractivity contribution in [1.82, 2.24) is 4.31 Å². The zero-order valence-corrected chi connectivity index (χ0v) is 11.6. The second-order valence-corrected chi connectivity index (χ2v) is 6.37. The summed E-state index contributed by atoms with van der Waals surface area (Å²) in [5, 5.41) is 10.8. The van der Waals surface area contributed by atoms with Crippen molar-refractivity contribution in [2.24, 2.45) is 0 Å². The smallest absolute Gasteiger partial charge is 0.273 e. The Morgan fingerprint density at radius 1 is 1.37 bits per heavy atom. The monoisotopic (exact) mass is 286 g/mol. The minimum Gasteiger partial charge on any atom is -0.300 e. The maximum absolute atomic E-state index is 11.9. The summed E-state index contributed by atoms with van der Waals surface area (Å²) in [4.78, 5) is 21.2. The Morgan fingerprint density at radius 2 is 1.95 bits per heavy atom. The number of hydrogen-bond donors (Lipinski definition) is 0. The number of nitrogens with zero attached hydrogens (tertiary/aromatic N) is 2. The third-order valence-electron chi connectivity index (χ3n) is 2.47. The van der Waals surface area contributed by atoms with Gasteiger partial charge in [-0.2, -0.15) is 0 Å². The van der Waals surface area contributed by atoms with Gasteiger partial charge in [0.1, 0.15) is 5.78 Å². The molecular weight excluding hydrogens is 272 g/mol. The highest BCUT2D eigenvalue weighted by Gasteiger charge is 2.22. The molecule has 0 aliphatic carbocycles. The second-order valence-electron chi connectivity index (χ2n) is 4.21. The molecule has 1 aromatic rings. The zero-order valence-electron chi connectivity index (χ0n) is 10.8. The van der Waals surface area contributed by atoms with Gasteiger partial charge in [0.15, 0.2) is 0 Å². The lowest BCUT2D eigenvalue weighted by Crippen LogP contribution is -2.22. The molecule has 1 aromatic carbocycles. The number of carbonyl (C=O) groups excluding carboxylic acids is 1. The molecule has 0 N–H and O–H groups in total. The normalized spacial score (nSPS) is 11.6. The van der Waals surface area contributed by atoms with Gasteiger partial charge in [-0.15, -0.1) is 0 Å². The Hall–Kier alpha value is -1.80. The molecule has 1 rings (SSSR count). The summed E-state index contributed by atoms with van der Waals surface area (Å²) in [5.74, 6) is -0.275. The number of carbonyl (C=O) groups is 1. The molecule has 104 valence electrons. The summed E-state index contributed by atoms with van der Waals surface area (Å²) in [6.45, 7) is 1.29. The summed E-state index contributed by atoms with van der Waals surface area (Å²) in [5.41, 5.74) is -0.159.